The van der Waals surface area contributed by atoms with Crippen LogP contribution in [0.15, 0.2) is 54.9 Å². The Morgan fingerprint density at radius 3 is 2.61 bits per heavy atom. The molecule has 0 aliphatic rings. The molecule has 3 rings (SSSR count). The number of pyridine rings is 2. The molecule has 0 atom stereocenters. The second kappa shape index (κ2) is 8.24. The van der Waals surface area contributed by atoms with Crippen molar-refractivity contribution >= 4 is 34.8 Å². The number of hydrogen-bond acceptors (Lipinski definition) is 2. The monoisotopic (exact) mass is 370 g/mol. The first kappa shape index (κ1) is 16.2. The first-order valence-corrected chi connectivity index (χ1v) is 10.1. The van der Waals surface area contributed by atoms with Gasteiger partial charge in [0, 0.05) is 0 Å². The number of unbranched alkanes of at least 4 members (excludes halogenated alkanes) is 3. The molecule has 0 spiro atoms. The molecule has 0 N–H and O–H groups in total. The van der Waals surface area contributed by atoms with Crippen molar-refractivity contribution in [2.24, 2.45) is 0 Å². The summed E-state index contributed by atoms with van der Waals surface area (Å²) in [6.45, 7) is 2.25. The summed E-state index contributed by atoms with van der Waals surface area (Å²) in [4.78, 5) is 9.43. The van der Waals surface area contributed by atoms with Gasteiger partial charge >= 0.3 is 144 Å². The fraction of sp³-hybridized carbons (Fsp3) is 0.300. The van der Waals surface area contributed by atoms with Crippen LogP contribution in [0.4, 0.5) is 0 Å². The van der Waals surface area contributed by atoms with Crippen LogP contribution in [0.25, 0.3) is 10.9 Å². The minimum absolute atomic E-state index is 0.252. The van der Waals surface area contributed by atoms with Crippen molar-refractivity contribution in [1.29, 1.82) is 0 Å². The molecule has 3 aromatic rings. The third-order valence-corrected chi connectivity index (χ3v) is 6.30. The molecular weight excluding hydrogens is 347 g/mol. The van der Waals surface area contributed by atoms with Gasteiger partial charge in [-0.1, -0.05) is 0 Å². The van der Waals surface area contributed by atoms with Crippen molar-refractivity contribution in [1.82, 2.24) is 9.97 Å². The molecule has 0 saturated carbocycles. The number of aromatic nitrogens is 2. The summed E-state index contributed by atoms with van der Waals surface area (Å²) in [5.41, 5.74) is 2.38. The van der Waals surface area contributed by atoms with E-state index in [1.54, 1.807) is 0 Å². The molecular formula is C20H22N2Se. The van der Waals surface area contributed by atoms with E-state index in [-0.39, 0.29) is 15.0 Å². The molecule has 0 radical (unpaired) electrons. The Bertz CT molecular complexity index is 756. The Morgan fingerprint density at radius 1 is 0.913 bits per heavy atom. The molecule has 2 heterocycles. The van der Waals surface area contributed by atoms with Crippen molar-refractivity contribution in [2.75, 3.05) is 0 Å². The molecule has 118 valence electrons. The van der Waals surface area contributed by atoms with E-state index in [0.29, 0.717) is 0 Å². The molecule has 0 amide bonds. The van der Waals surface area contributed by atoms with Crippen LogP contribution in [-0.2, 0) is 6.42 Å². The zero-order valence-electron chi connectivity index (χ0n) is 13.5. The van der Waals surface area contributed by atoms with Gasteiger partial charge < -0.3 is 0 Å². The van der Waals surface area contributed by atoms with Gasteiger partial charge in [0.05, 0.1) is 0 Å². The van der Waals surface area contributed by atoms with E-state index >= 15 is 0 Å². The van der Waals surface area contributed by atoms with E-state index in [1.165, 1.54) is 40.3 Å². The maximum absolute atomic E-state index is 4.78. The fourth-order valence-corrected chi connectivity index (χ4v) is 4.91. The summed E-state index contributed by atoms with van der Waals surface area (Å²) in [6.07, 6.45) is 10.0. The van der Waals surface area contributed by atoms with E-state index in [0.717, 1.165) is 17.3 Å². The van der Waals surface area contributed by atoms with Crippen molar-refractivity contribution in [3.63, 3.8) is 0 Å². The van der Waals surface area contributed by atoms with Crippen molar-refractivity contribution in [3.05, 3.63) is 60.6 Å². The zero-order chi connectivity index (χ0) is 15.9. The molecule has 23 heavy (non-hydrogen) atoms. The first-order valence-electron chi connectivity index (χ1n) is 8.34. The molecule has 0 saturated heterocycles. The Morgan fingerprint density at radius 2 is 1.78 bits per heavy atom. The van der Waals surface area contributed by atoms with E-state index in [1.807, 2.05) is 18.5 Å². The number of rotatable bonds is 7. The van der Waals surface area contributed by atoms with Gasteiger partial charge in [-0.25, -0.2) is 0 Å². The normalized spacial score (nSPS) is 11.0. The predicted octanol–water partition coefficient (Wildman–Crippen LogP) is 3.41. The molecule has 2 nitrogen and oxygen atoms in total. The van der Waals surface area contributed by atoms with Crippen LogP contribution >= 0.6 is 0 Å². The van der Waals surface area contributed by atoms with Gasteiger partial charge in [-0.05, 0) is 0 Å². The molecule has 0 unspecified atom stereocenters. The van der Waals surface area contributed by atoms with Crippen molar-refractivity contribution in [3.8, 4) is 0 Å². The molecule has 0 fully saturated rings. The molecule has 2 aromatic heterocycles. The van der Waals surface area contributed by atoms with Crippen LogP contribution < -0.4 is 8.92 Å². The van der Waals surface area contributed by atoms with Gasteiger partial charge in [-0.2, -0.15) is 0 Å². The summed E-state index contributed by atoms with van der Waals surface area (Å²) in [5, 5.41) is 1.15. The number of nitrogens with zero attached hydrogens (tertiary/aromatic N) is 2. The van der Waals surface area contributed by atoms with Gasteiger partial charge in [0.1, 0.15) is 0 Å². The van der Waals surface area contributed by atoms with E-state index in [2.05, 4.69) is 48.3 Å². The topological polar surface area (TPSA) is 25.8 Å². The summed E-state index contributed by atoms with van der Waals surface area (Å²) in [7, 11) is 0. The average Bonchev–Trinajstić information content (AvgIpc) is 2.61. The molecule has 0 aliphatic carbocycles. The van der Waals surface area contributed by atoms with Gasteiger partial charge in [-0.15, -0.1) is 0 Å². The average molecular weight is 369 g/mol. The van der Waals surface area contributed by atoms with Gasteiger partial charge in [0.2, 0.25) is 0 Å². The Labute approximate surface area is 144 Å². The minimum atomic E-state index is 0.252. The number of fused-ring (bicyclic) bond motifs is 1. The van der Waals surface area contributed by atoms with Crippen LogP contribution in [0.3, 0.4) is 0 Å². The Kier molecular flexibility index (Phi) is 5.79. The maximum atomic E-state index is 4.78. The number of hydrogen-bond donors (Lipinski definition) is 0. The van der Waals surface area contributed by atoms with E-state index < -0.39 is 0 Å². The summed E-state index contributed by atoms with van der Waals surface area (Å²) < 4.78 is 2.74. The molecule has 1 aromatic carbocycles. The van der Waals surface area contributed by atoms with Crippen LogP contribution in [-0.4, -0.2) is 24.9 Å². The standard InChI is InChI=1S/C20H22N2Se/c1-2-3-4-8-13-18-20(23-17-11-6-5-7-12-17)19-16(15-22-18)10-9-14-21-19/h5-7,9-12,14-15H,2-4,8,13H2,1H3. The summed E-state index contributed by atoms with van der Waals surface area (Å²) in [5.74, 6) is 0. The third-order valence-electron chi connectivity index (χ3n) is 3.91. The van der Waals surface area contributed by atoms with Crippen molar-refractivity contribution in [2.45, 2.75) is 39.0 Å². The van der Waals surface area contributed by atoms with Gasteiger partial charge in [0.15, 0.2) is 0 Å². The van der Waals surface area contributed by atoms with Gasteiger partial charge in [-0.3, -0.25) is 0 Å². The zero-order valence-corrected chi connectivity index (χ0v) is 15.2. The van der Waals surface area contributed by atoms with Crippen LogP contribution in [0, 0.1) is 0 Å². The molecule has 3 heteroatoms. The predicted molar refractivity (Wildman–Crippen MR) is 98.8 cm³/mol. The second-order valence-electron chi connectivity index (χ2n) is 5.70. The van der Waals surface area contributed by atoms with E-state index in [9.17, 15) is 0 Å². The van der Waals surface area contributed by atoms with Crippen LogP contribution in [0.1, 0.15) is 38.3 Å². The first-order chi connectivity index (χ1) is 11.4. The van der Waals surface area contributed by atoms with E-state index in [4.69, 9.17) is 4.98 Å². The number of aryl methyl sites for hydroxylation is 1. The fourth-order valence-electron chi connectivity index (χ4n) is 2.67. The van der Waals surface area contributed by atoms with Gasteiger partial charge in [0.25, 0.3) is 0 Å². The van der Waals surface area contributed by atoms with Crippen LogP contribution in [0.2, 0.25) is 0 Å². The molecule has 0 bridgehead atoms. The van der Waals surface area contributed by atoms with Crippen LogP contribution in [0.5, 0.6) is 0 Å². The Hall–Kier alpha value is -1.70. The van der Waals surface area contributed by atoms with Crippen molar-refractivity contribution < 1.29 is 0 Å². The summed E-state index contributed by atoms with van der Waals surface area (Å²) in [6, 6.07) is 14.8. The third kappa shape index (κ3) is 4.19. The quantitative estimate of drug-likeness (QED) is 0.471. The SMILES string of the molecule is CCCCCCc1ncc2cccnc2c1[Se]c1ccccc1. The second-order valence-corrected chi connectivity index (χ2v) is 7.97. The molecule has 0 aliphatic heterocycles. The number of benzene rings is 1. The Balaban J connectivity index is 1.93. The summed E-state index contributed by atoms with van der Waals surface area (Å²) >= 11 is 0.252.